The van der Waals surface area contributed by atoms with Gasteiger partial charge in [-0.25, -0.2) is 13.4 Å². The van der Waals surface area contributed by atoms with Gasteiger partial charge in [0.1, 0.15) is 17.2 Å². The van der Waals surface area contributed by atoms with E-state index in [-0.39, 0.29) is 29.3 Å². The van der Waals surface area contributed by atoms with Crippen molar-refractivity contribution in [2.75, 3.05) is 19.3 Å². The van der Waals surface area contributed by atoms with Crippen LogP contribution in [0.15, 0.2) is 65.7 Å². The van der Waals surface area contributed by atoms with Crippen LogP contribution in [0.5, 0.6) is 11.5 Å². The second-order valence-corrected chi connectivity index (χ2v) is 11.2. The van der Waals surface area contributed by atoms with E-state index in [4.69, 9.17) is 9.72 Å². The Bertz CT molecular complexity index is 1600. The van der Waals surface area contributed by atoms with Gasteiger partial charge in [0.25, 0.3) is 0 Å². The second-order valence-electron chi connectivity index (χ2n) is 9.21. The van der Waals surface area contributed by atoms with Crippen molar-refractivity contribution in [3.63, 3.8) is 0 Å². The number of carbonyl (C=O) groups is 2. The van der Waals surface area contributed by atoms with Gasteiger partial charge < -0.3 is 19.9 Å². The van der Waals surface area contributed by atoms with Crippen molar-refractivity contribution in [1.29, 1.82) is 0 Å². The quantitative estimate of drug-likeness (QED) is 0.370. The number of aromatic amines is 1. The van der Waals surface area contributed by atoms with Crippen molar-refractivity contribution >= 4 is 32.7 Å². The van der Waals surface area contributed by atoms with E-state index in [2.05, 4.69) is 15.3 Å². The molecule has 2 aromatic carbocycles. The average Bonchev–Trinajstić information content (AvgIpc) is 3.54. The summed E-state index contributed by atoms with van der Waals surface area (Å²) in [5, 5.41) is 2.58. The first-order chi connectivity index (χ1) is 18.2. The summed E-state index contributed by atoms with van der Waals surface area (Å²) in [6, 6.07) is 15.2. The molecule has 1 aliphatic heterocycles. The Morgan fingerprint density at radius 3 is 2.63 bits per heavy atom. The van der Waals surface area contributed by atoms with E-state index in [0.29, 0.717) is 35.1 Å². The van der Waals surface area contributed by atoms with Crippen LogP contribution in [-0.2, 0) is 19.4 Å². The topological polar surface area (TPSA) is 134 Å². The van der Waals surface area contributed by atoms with Gasteiger partial charge in [-0.05, 0) is 55.3 Å². The van der Waals surface area contributed by atoms with Gasteiger partial charge in [0, 0.05) is 37.6 Å². The Morgan fingerprint density at radius 1 is 1.16 bits per heavy atom. The van der Waals surface area contributed by atoms with Gasteiger partial charge in [0.05, 0.1) is 28.5 Å². The molecule has 1 fully saturated rings. The molecule has 1 unspecified atom stereocenters. The number of amides is 2. The van der Waals surface area contributed by atoms with Gasteiger partial charge in [-0.15, -0.1) is 0 Å². The fraction of sp³-hybridized carbons (Fsp3) is 0.259. The molecule has 0 bridgehead atoms. The summed E-state index contributed by atoms with van der Waals surface area (Å²) in [6.07, 6.45) is 4.37. The SMILES string of the molecule is CC(=O)NCC(=O)N1CCCC1c1cc2[nH]c(-c3ccccn3)nc2cc1Oc1ccc(S(C)(=O)=O)cc1. The molecule has 2 N–H and O–H groups in total. The van der Waals surface area contributed by atoms with E-state index in [1.807, 2.05) is 30.3 Å². The number of benzene rings is 2. The van der Waals surface area contributed by atoms with Crippen LogP contribution in [0.2, 0.25) is 0 Å². The molecule has 2 aromatic heterocycles. The van der Waals surface area contributed by atoms with Crippen LogP contribution in [-0.4, -0.2) is 59.4 Å². The highest BCUT2D eigenvalue weighted by Gasteiger charge is 2.32. The number of imidazole rings is 1. The first-order valence-electron chi connectivity index (χ1n) is 12.2. The molecule has 1 atom stereocenters. The zero-order valence-corrected chi connectivity index (χ0v) is 21.8. The van der Waals surface area contributed by atoms with Crippen molar-refractivity contribution in [2.45, 2.75) is 30.7 Å². The van der Waals surface area contributed by atoms with Gasteiger partial charge in [0.15, 0.2) is 15.7 Å². The van der Waals surface area contributed by atoms with E-state index in [1.165, 1.54) is 19.1 Å². The number of likely N-dealkylation sites (tertiary alicyclic amines) is 1. The molecule has 0 saturated carbocycles. The highest BCUT2D eigenvalue weighted by molar-refractivity contribution is 7.90. The van der Waals surface area contributed by atoms with E-state index in [0.717, 1.165) is 30.2 Å². The van der Waals surface area contributed by atoms with Crippen molar-refractivity contribution < 1.29 is 22.7 Å². The maximum absolute atomic E-state index is 13.0. The number of pyridine rings is 1. The number of nitrogens with zero attached hydrogens (tertiary/aromatic N) is 3. The summed E-state index contributed by atoms with van der Waals surface area (Å²) < 4.78 is 30.0. The number of aromatic nitrogens is 3. The number of nitrogens with one attached hydrogen (secondary N) is 2. The van der Waals surface area contributed by atoms with Crippen molar-refractivity contribution in [3.05, 3.63) is 66.4 Å². The Morgan fingerprint density at radius 2 is 1.95 bits per heavy atom. The van der Waals surface area contributed by atoms with Gasteiger partial charge >= 0.3 is 0 Å². The maximum Gasteiger partial charge on any atom is 0.242 e. The molecule has 38 heavy (non-hydrogen) atoms. The number of rotatable bonds is 7. The summed E-state index contributed by atoms with van der Waals surface area (Å²) in [5.41, 5.74) is 2.90. The summed E-state index contributed by atoms with van der Waals surface area (Å²) in [6.45, 7) is 1.86. The van der Waals surface area contributed by atoms with E-state index in [1.54, 1.807) is 23.2 Å². The maximum atomic E-state index is 13.0. The van der Waals surface area contributed by atoms with Gasteiger partial charge in [-0.1, -0.05) is 6.07 Å². The third-order valence-corrected chi connectivity index (χ3v) is 7.55. The van der Waals surface area contributed by atoms with Crippen LogP contribution >= 0.6 is 0 Å². The predicted octanol–water partition coefficient (Wildman–Crippen LogP) is 3.62. The number of H-pyrrole nitrogens is 1. The molecule has 2 amide bonds. The van der Waals surface area contributed by atoms with E-state index < -0.39 is 9.84 Å². The highest BCUT2D eigenvalue weighted by atomic mass is 32.2. The molecular weight excluding hydrogens is 506 g/mol. The summed E-state index contributed by atoms with van der Waals surface area (Å²) in [4.78, 5) is 38.7. The van der Waals surface area contributed by atoms with Crippen LogP contribution in [0.4, 0.5) is 0 Å². The molecule has 5 rings (SSSR count). The van der Waals surface area contributed by atoms with Gasteiger partial charge in [0.2, 0.25) is 11.8 Å². The minimum absolute atomic E-state index is 0.0783. The van der Waals surface area contributed by atoms with Crippen LogP contribution in [0.25, 0.3) is 22.6 Å². The standard InChI is InChI=1S/C27H27N5O5S/c1-17(33)29-16-26(34)32-13-5-7-24(32)20-14-22-23(31-27(30-22)21-6-3-4-12-28-21)15-25(20)37-18-8-10-19(11-9-18)38(2,35)36/h3-4,6,8-12,14-15,24H,5,7,13,16H2,1-2H3,(H,29,33)(H,30,31). The molecule has 0 spiro atoms. The fourth-order valence-electron chi connectivity index (χ4n) is 4.60. The van der Waals surface area contributed by atoms with Gasteiger partial charge in [-0.3, -0.25) is 14.6 Å². The van der Waals surface area contributed by atoms with Crippen LogP contribution < -0.4 is 10.1 Å². The second kappa shape index (κ2) is 10.3. The molecule has 0 radical (unpaired) electrons. The molecule has 4 aromatic rings. The third kappa shape index (κ3) is 5.37. The first kappa shape index (κ1) is 25.4. The van der Waals surface area contributed by atoms with Crippen LogP contribution in [0, 0.1) is 0 Å². The lowest BCUT2D eigenvalue weighted by Gasteiger charge is -2.27. The fourth-order valence-corrected chi connectivity index (χ4v) is 5.23. The van der Waals surface area contributed by atoms with Crippen molar-refractivity contribution in [1.82, 2.24) is 25.2 Å². The summed E-state index contributed by atoms with van der Waals surface area (Å²) in [7, 11) is -3.34. The van der Waals surface area contributed by atoms with Crippen molar-refractivity contribution in [2.24, 2.45) is 0 Å². The summed E-state index contributed by atoms with van der Waals surface area (Å²) in [5.74, 6) is 1.12. The number of sulfone groups is 1. The number of carbonyl (C=O) groups excluding carboxylic acids is 2. The number of hydrogen-bond acceptors (Lipinski definition) is 7. The molecule has 196 valence electrons. The molecule has 3 heterocycles. The Labute approximate surface area is 220 Å². The molecule has 1 aliphatic rings. The molecule has 0 aliphatic carbocycles. The average molecular weight is 534 g/mol. The molecule has 10 nitrogen and oxygen atoms in total. The minimum atomic E-state index is -3.34. The normalized spacial score (nSPS) is 15.5. The number of hydrogen-bond donors (Lipinski definition) is 2. The lowest BCUT2D eigenvalue weighted by atomic mass is 10.0. The van der Waals surface area contributed by atoms with Gasteiger partial charge in [-0.2, -0.15) is 0 Å². The molecule has 1 saturated heterocycles. The largest absolute Gasteiger partial charge is 0.457 e. The van der Waals surface area contributed by atoms with E-state index in [9.17, 15) is 18.0 Å². The number of ether oxygens (including phenoxy) is 1. The third-order valence-electron chi connectivity index (χ3n) is 6.42. The Hall–Kier alpha value is -4.25. The number of fused-ring (bicyclic) bond motifs is 1. The molecule has 11 heteroatoms. The Balaban J connectivity index is 1.55. The first-order valence-corrected chi connectivity index (χ1v) is 14.0. The smallest absolute Gasteiger partial charge is 0.242 e. The van der Waals surface area contributed by atoms with E-state index >= 15 is 0 Å². The highest BCUT2D eigenvalue weighted by Crippen LogP contribution is 2.41. The summed E-state index contributed by atoms with van der Waals surface area (Å²) >= 11 is 0. The Kier molecular flexibility index (Phi) is 6.85. The molecular formula is C27H27N5O5S. The zero-order valence-electron chi connectivity index (χ0n) is 21.0. The van der Waals surface area contributed by atoms with Crippen LogP contribution in [0.1, 0.15) is 31.4 Å². The van der Waals surface area contributed by atoms with Crippen LogP contribution in [0.3, 0.4) is 0 Å². The zero-order chi connectivity index (χ0) is 26.9. The lowest BCUT2D eigenvalue weighted by Crippen LogP contribution is -2.39. The predicted molar refractivity (Wildman–Crippen MR) is 141 cm³/mol. The monoisotopic (exact) mass is 533 g/mol. The lowest BCUT2D eigenvalue weighted by molar-refractivity contribution is -0.133. The van der Waals surface area contributed by atoms with Crippen molar-refractivity contribution in [3.8, 4) is 23.0 Å². The minimum Gasteiger partial charge on any atom is -0.457 e.